The first kappa shape index (κ1) is 43.2. The van der Waals surface area contributed by atoms with Gasteiger partial charge in [0.1, 0.15) is 0 Å². The summed E-state index contributed by atoms with van der Waals surface area (Å²) in [5.41, 5.74) is 11.9. The number of anilines is 1. The summed E-state index contributed by atoms with van der Waals surface area (Å²) in [4.78, 5) is 48.2. The van der Waals surface area contributed by atoms with E-state index in [-0.39, 0.29) is 24.0 Å². The van der Waals surface area contributed by atoms with Gasteiger partial charge in [-0.15, -0.1) is 0 Å². The van der Waals surface area contributed by atoms with Gasteiger partial charge in [0.2, 0.25) is 11.8 Å². The predicted octanol–water partition coefficient (Wildman–Crippen LogP) is 3.93. The number of carbonyl (C=O) groups excluding carboxylic acids is 3. The minimum Gasteiger partial charge on any atom is -0.379 e. The Labute approximate surface area is 341 Å². The number of aromatic nitrogens is 1. The first-order valence-corrected chi connectivity index (χ1v) is 20.8. The van der Waals surface area contributed by atoms with Crippen molar-refractivity contribution < 1.29 is 38.1 Å². The molecule has 0 atom stereocenters. The van der Waals surface area contributed by atoms with E-state index < -0.39 is 5.41 Å². The van der Waals surface area contributed by atoms with Gasteiger partial charge >= 0.3 is 0 Å². The second kappa shape index (κ2) is 20.6. The lowest BCUT2D eigenvalue weighted by molar-refractivity contribution is -0.134. The maximum Gasteiger partial charge on any atom is 0.224 e. The number of piperazine rings is 1. The highest BCUT2D eigenvalue weighted by atomic mass is 16.6. The smallest absolute Gasteiger partial charge is 0.224 e. The summed E-state index contributed by atoms with van der Waals surface area (Å²) >= 11 is 0. The van der Waals surface area contributed by atoms with Crippen LogP contribution >= 0.6 is 0 Å². The number of nitrogens with two attached hydrogens (primary N) is 1. The van der Waals surface area contributed by atoms with E-state index in [2.05, 4.69) is 53.8 Å². The Morgan fingerprint density at radius 1 is 0.828 bits per heavy atom. The molecule has 2 saturated heterocycles. The summed E-state index contributed by atoms with van der Waals surface area (Å²) in [6.45, 7) is 15.9. The molecule has 6 rings (SSSR count). The second-order valence-electron chi connectivity index (χ2n) is 15.7. The number of piperidine rings is 1. The summed E-state index contributed by atoms with van der Waals surface area (Å²) in [6, 6.07) is 12.6. The predicted molar refractivity (Wildman–Crippen MR) is 220 cm³/mol. The number of benzene rings is 2. The van der Waals surface area contributed by atoms with Gasteiger partial charge in [0.05, 0.1) is 89.7 Å². The van der Waals surface area contributed by atoms with E-state index in [0.29, 0.717) is 84.1 Å². The molecule has 1 aromatic heterocycles. The molecule has 58 heavy (non-hydrogen) atoms. The average Bonchev–Trinajstić information content (AvgIpc) is 3.64. The molecular formula is C44H60N6O8. The van der Waals surface area contributed by atoms with Gasteiger partial charge in [0.25, 0.3) is 0 Å². The van der Waals surface area contributed by atoms with E-state index in [1.54, 1.807) is 6.07 Å². The first-order chi connectivity index (χ1) is 28.1. The summed E-state index contributed by atoms with van der Waals surface area (Å²) in [7, 11) is 0. The van der Waals surface area contributed by atoms with Gasteiger partial charge in [-0.3, -0.25) is 19.3 Å². The zero-order chi connectivity index (χ0) is 41.1. The van der Waals surface area contributed by atoms with E-state index in [9.17, 15) is 19.6 Å². The maximum absolute atomic E-state index is 14.1. The number of nitriles is 1. The zero-order valence-corrected chi connectivity index (χ0v) is 34.4. The van der Waals surface area contributed by atoms with Crippen LogP contribution in [-0.2, 0) is 45.1 Å². The minimum absolute atomic E-state index is 0.0490. The molecule has 3 N–H and O–H groups in total. The van der Waals surface area contributed by atoms with Crippen molar-refractivity contribution in [3.05, 3.63) is 63.8 Å². The summed E-state index contributed by atoms with van der Waals surface area (Å²) in [5, 5.41) is 10.3. The number of carbonyl (C=O) groups is 3. The number of amides is 2. The number of nitrogens with zero attached hydrogens (tertiary/aromatic N) is 4. The Balaban J connectivity index is 0.869. The number of primary amides is 1. The van der Waals surface area contributed by atoms with Crippen molar-refractivity contribution in [1.29, 1.82) is 5.26 Å². The van der Waals surface area contributed by atoms with Crippen LogP contribution in [0.2, 0.25) is 0 Å². The van der Waals surface area contributed by atoms with Crippen molar-refractivity contribution in [1.82, 2.24) is 14.8 Å². The van der Waals surface area contributed by atoms with Crippen LogP contribution in [0.25, 0.3) is 10.9 Å². The first-order valence-electron chi connectivity index (χ1n) is 20.8. The molecule has 2 aliphatic heterocycles. The number of rotatable bonds is 21. The lowest BCUT2D eigenvalue weighted by Gasteiger charge is -2.44. The Hall–Kier alpha value is -4.36. The van der Waals surface area contributed by atoms with E-state index in [4.69, 9.17) is 29.4 Å². The molecule has 2 amide bonds. The highest BCUT2D eigenvalue weighted by Crippen LogP contribution is 2.46. The summed E-state index contributed by atoms with van der Waals surface area (Å²) in [5.74, 6) is -0.197. The lowest BCUT2D eigenvalue weighted by atomic mass is 9.70. The van der Waals surface area contributed by atoms with Crippen molar-refractivity contribution in [2.24, 2.45) is 5.73 Å². The minimum atomic E-state index is -0.413. The van der Waals surface area contributed by atoms with E-state index in [1.165, 1.54) is 11.3 Å². The number of nitrogens with one attached hydrogen (secondary N) is 1. The van der Waals surface area contributed by atoms with Crippen LogP contribution < -0.4 is 10.6 Å². The third-order valence-electron chi connectivity index (χ3n) is 11.7. The monoisotopic (exact) mass is 800 g/mol. The number of ether oxygens (including phenoxy) is 5. The van der Waals surface area contributed by atoms with Gasteiger partial charge < -0.3 is 44.2 Å². The number of hydrogen-bond donors (Lipinski definition) is 2. The SMILES string of the molecule is CCc1cc2c(cc1N1CCC(N3CCN(C(=O)CCOCCOCCOCCOCCOCCC(N)=O)CC3)CC1)C(C)(C)c1[nH]c3cc(C#N)ccc3c1C2=O. The number of aromatic amines is 1. The van der Waals surface area contributed by atoms with Gasteiger partial charge in [-0.05, 0) is 54.7 Å². The van der Waals surface area contributed by atoms with Gasteiger partial charge in [0, 0.05) is 85.0 Å². The molecule has 14 heteroatoms. The lowest BCUT2D eigenvalue weighted by Crippen LogP contribution is -2.54. The van der Waals surface area contributed by atoms with Crippen LogP contribution in [-0.4, -0.2) is 144 Å². The van der Waals surface area contributed by atoms with Crippen molar-refractivity contribution in [2.45, 2.75) is 64.3 Å². The van der Waals surface area contributed by atoms with Crippen LogP contribution in [0.1, 0.15) is 84.8 Å². The molecule has 3 aliphatic rings. The molecule has 2 fully saturated rings. The fourth-order valence-corrected chi connectivity index (χ4v) is 8.44. The number of ketones is 1. The Kier molecular flexibility index (Phi) is 15.3. The Morgan fingerprint density at radius 3 is 1.98 bits per heavy atom. The quantitative estimate of drug-likeness (QED) is 0.150. The molecule has 2 aromatic carbocycles. The van der Waals surface area contributed by atoms with E-state index in [1.807, 2.05) is 17.0 Å². The van der Waals surface area contributed by atoms with E-state index >= 15 is 0 Å². The molecule has 0 radical (unpaired) electrons. The maximum atomic E-state index is 14.1. The van der Waals surface area contributed by atoms with Crippen molar-refractivity contribution in [3.63, 3.8) is 0 Å². The van der Waals surface area contributed by atoms with Gasteiger partial charge in [-0.1, -0.05) is 26.8 Å². The van der Waals surface area contributed by atoms with Crippen LogP contribution in [0.5, 0.6) is 0 Å². The van der Waals surface area contributed by atoms with Crippen molar-refractivity contribution in [3.8, 4) is 6.07 Å². The number of aryl methyl sites for hydroxylation is 1. The van der Waals surface area contributed by atoms with Crippen molar-refractivity contribution >= 4 is 34.2 Å². The molecule has 3 aromatic rings. The van der Waals surface area contributed by atoms with Crippen LogP contribution in [0.3, 0.4) is 0 Å². The Morgan fingerprint density at radius 2 is 1.41 bits per heavy atom. The molecule has 0 unspecified atom stereocenters. The third kappa shape index (κ3) is 10.4. The fourth-order valence-electron chi connectivity index (χ4n) is 8.44. The van der Waals surface area contributed by atoms with Gasteiger partial charge in [0.15, 0.2) is 5.78 Å². The summed E-state index contributed by atoms with van der Waals surface area (Å²) in [6.07, 6.45) is 3.52. The second-order valence-corrected chi connectivity index (χ2v) is 15.7. The molecule has 314 valence electrons. The normalized spacial score (nSPS) is 17.0. The standard InChI is InChI=1S/C44H60N6O8/c1-4-32-28-35-36(44(2,3)43-41(42(35)53)34-6-5-31(30-45)27-37(34)47-43)29-38(32)49-11-7-33(8-12-49)48-13-15-50(16-14-48)40(52)10-18-55-20-22-57-24-26-58-25-23-56-21-19-54-17-9-39(46)51/h5-6,27-29,33,47H,4,7-26H2,1-3H3,(H2,46,51). The van der Waals surface area contributed by atoms with Crippen LogP contribution in [0.4, 0.5) is 5.69 Å². The molecule has 1 aliphatic carbocycles. The number of H-pyrrole nitrogens is 1. The van der Waals surface area contributed by atoms with Crippen molar-refractivity contribution in [2.75, 3.05) is 110 Å². The van der Waals surface area contributed by atoms with Crippen LogP contribution in [0.15, 0.2) is 30.3 Å². The van der Waals surface area contributed by atoms with E-state index in [0.717, 1.165) is 91.8 Å². The Bertz CT molecular complexity index is 1920. The molecular weight excluding hydrogens is 741 g/mol. The van der Waals surface area contributed by atoms with Crippen LogP contribution in [0, 0.1) is 11.3 Å². The number of hydrogen-bond acceptors (Lipinski definition) is 11. The zero-order valence-electron chi connectivity index (χ0n) is 34.4. The molecule has 3 heterocycles. The largest absolute Gasteiger partial charge is 0.379 e. The topological polar surface area (TPSA) is 173 Å². The third-order valence-corrected chi connectivity index (χ3v) is 11.7. The molecule has 0 bridgehead atoms. The summed E-state index contributed by atoms with van der Waals surface area (Å²) < 4.78 is 27.3. The molecule has 0 saturated carbocycles. The fraction of sp³-hybridized carbons (Fsp3) is 0.591. The number of fused-ring (bicyclic) bond motifs is 4. The van der Waals surface area contributed by atoms with Gasteiger partial charge in [-0.2, -0.15) is 5.26 Å². The highest BCUT2D eigenvalue weighted by Gasteiger charge is 2.41. The van der Waals surface area contributed by atoms with Gasteiger partial charge in [-0.25, -0.2) is 0 Å². The average molecular weight is 801 g/mol. The highest BCUT2D eigenvalue weighted by molar-refractivity contribution is 6.20. The molecule has 14 nitrogen and oxygen atoms in total. The molecule has 0 spiro atoms.